The summed E-state index contributed by atoms with van der Waals surface area (Å²) in [5, 5.41) is 31.7. The molecule has 170 valence electrons. The van der Waals surface area contributed by atoms with Crippen LogP contribution in [0.25, 0.3) is 10.8 Å². The number of fused-ring (bicyclic) bond motifs is 1. The van der Waals surface area contributed by atoms with Crippen molar-refractivity contribution in [2.75, 3.05) is 0 Å². The normalized spacial score (nSPS) is 13.1. The van der Waals surface area contributed by atoms with E-state index in [1.165, 1.54) is 6.07 Å². The molecular weight excluding hydrogens is 490 g/mol. The first-order chi connectivity index (χ1) is 14.6. The molecule has 16 heteroatoms. The van der Waals surface area contributed by atoms with Gasteiger partial charge in [0.25, 0.3) is 20.2 Å². The zero-order chi connectivity index (χ0) is 24.1. The third-order valence-corrected chi connectivity index (χ3v) is 6.80. The maximum atomic E-state index is 11.8. The first-order valence-electron chi connectivity index (χ1n) is 8.12. The van der Waals surface area contributed by atoms with Crippen molar-refractivity contribution in [2.45, 2.75) is 14.7 Å². The summed E-state index contributed by atoms with van der Waals surface area (Å²) in [5.74, 6) is -1.69. The van der Waals surface area contributed by atoms with Crippen LogP contribution in [-0.4, -0.2) is 44.6 Å². The molecule has 3 aromatic rings. The van der Waals surface area contributed by atoms with Gasteiger partial charge in [-0.25, -0.2) is 13.6 Å². The summed E-state index contributed by atoms with van der Waals surface area (Å²) >= 11 is 0. The minimum atomic E-state index is -5.05. The largest absolute Gasteiger partial charge is 0.506 e. The van der Waals surface area contributed by atoms with E-state index in [1.807, 2.05) is 0 Å². The van der Waals surface area contributed by atoms with Crippen molar-refractivity contribution in [1.29, 1.82) is 0 Å². The molecule has 0 saturated heterocycles. The van der Waals surface area contributed by atoms with E-state index < -0.39 is 73.2 Å². The molecule has 3 aromatic carbocycles. The minimum absolute atomic E-state index is 0.191. The average Bonchev–Trinajstić information content (AvgIpc) is 2.65. The Morgan fingerprint density at radius 2 is 1.41 bits per heavy atom. The fourth-order valence-corrected chi connectivity index (χ4v) is 4.65. The van der Waals surface area contributed by atoms with Crippen LogP contribution in [0.1, 0.15) is 0 Å². The number of rotatable bonds is 5. The predicted molar refractivity (Wildman–Crippen MR) is 109 cm³/mol. The number of phenols is 2. The molecule has 0 atom stereocenters. The molecule has 3 rings (SSSR count). The summed E-state index contributed by atoms with van der Waals surface area (Å²) in [5.41, 5.74) is -1.46. The van der Waals surface area contributed by atoms with Gasteiger partial charge in [0.15, 0.2) is 5.75 Å². The van der Waals surface area contributed by atoms with Crippen LogP contribution in [0.5, 0.6) is 11.5 Å². The number of primary sulfonamides is 1. The second kappa shape index (κ2) is 7.76. The van der Waals surface area contributed by atoms with E-state index in [4.69, 9.17) is 5.14 Å². The fourth-order valence-electron chi connectivity index (χ4n) is 2.74. The van der Waals surface area contributed by atoms with E-state index in [0.29, 0.717) is 0 Å². The molecular formula is C16H13N3O10S3. The average molecular weight is 503 g/mol. The third kappa shape index (κ3) is 4.54. The molecule has 0 fully saturated rings. The number of hydrogen-bond acceptors (Lipinski definition) is 10. The van der Waals surface area contributed by atoms with Crippen LogP contribution in [0.4, 0.5) is 11.4 Å². The van der Waals surface area contributed by atoms with Gasteiger partial charge in [0.05, 0.1) is 4.90 Å². The summed E-state index contributed by atoms with van der Waals surface area (Å²) in [6, 6.07) is 6.70. The minimum Gasteiger partial charge on any atom is -0.506 e. The molecule has 0 aliphatic rings. The number of benzene rings is 3. The Hall–Kier alpha value is -3.15. The van der Waals surface area contributed by atoms with Gasteiger partial charge in [0.2, 0.25) is 10.0 Å². The van der Waals surface area contributed by atoms with Gasteiger partial charge in [0, 0.05) is 5.39 Å². The summed E-state index contributed by atoms with van der Waals surface area (Å²) < 4.78 is 88.9. The van der Waals surface area contributed by atoms with Gasteiger partial charge >= 0.3 is 0 Å². The molecule has 0 heterocycles. The van der Waals surface area contributed by atoms with E-state index in [9.17, 15) is 44.6 Å². The Kier molecular flexibility index (Phi) is 5.71. The van der Waals surface area contributed by atoms with Crippen LogP contribution in [0, 0.1) is 0 Å². The quantitative estimate of drug-likeness (QED) is 0.250. The highest BCUT2D eigenvalue weighted by atomic mass is 32.2. The van der Waals surface area contributed by atoms with E-state index in [1.54, 1.807) is 0 Å². The molecule has 6 N–H and O–H groups in total. The molecule has 0 bridgehead atoms. The SMILES string of the molecule is NS(=O)(=O)c1ccc(O)c(N=Nc2c(S(=O)(=O)O)cc3cccc(S(=O)(=O)O)c3c2O)c1. The lowest BCUT2D eigenvalue weighted by Crippen LogP contribution is -2.11. The van der Waals surface area contributed by atoms with Crippen molar-refractivity contribution in [3.8, 4) is 11.5 Å². The zero-order valence-electron chi connectivity index (χ0n) is 15.5. The van der Waals surface area contributed by atoms with Crippen molar-refractivity contribution in [3.05, 3.63) is 42.5 Å². The Balaban J connectivity index is 2.37. The molecule has 32 heavy (non-hydrogen) atoms. The molecule has 0 saturated carbocycles. The van der Waals surface area contributed by atoms with Crippen LogP contribution < -0.4 is 5.14 Å². The Labute approximate surface area is 181 Å². The Bertz CT molecular complexity index is 1610. The highest BCUT2D eigenvalue weighted by molar-refractivity contribution is 7.89. The van der Waals surface area contributed by atoms with Crippen LogP contribution >= 0.6 is 0 Å². The van der Waals surface area contributed by atoms with Gasteiger partial charge in [-0.3, -0.25) is 9.11 Å². The van der Waals surface area contributed by atoms with E-state index in [0.717, 1.165) is 36.4 Å². The summed E-state index contributed by atoms with van der Waals surface area (Å²) in [6.07, 6.45) is 0. The molecule has 0 radical (unpaired) electrons. The monoisotopic (exact) mass is 503 g/mol. The smallest absolute Gasteiger partial charge is 0.296 e. The number of nitrogens with two attached hydrogens (primary N) is 1. The number of aromatic hydroxyl groups is 2. The van der Waals surface area contributed by atoms with Gasteiger partial charge in [-0.2, -0.15) is 16.8 Å². The zero-order valence-corrected chi connectivity index (χ0v) is 17.9. The number of azo groups is 1. The Morgan fingerprint density at radius 3 is 1.97 bits per heavy atom. The maximum absolute atomic E-state index is 11.8. The van der Waals surface area contributed by atoms with Crippen molar-refractivity contribution < 1.29 is 44.6 Å². The number of hydrogen-bond donors (Lipinski definition) is 5. The van der Waals surface area contributed by atoms with Gasteiger partial charge < -0.3 is 10.2 Å². The van der Waals surface area contributed by atoms with Gasteiger partial charge in [-0.15, -0.1) is 10.2 Å². The van der Waals surface area contributed by atoms with Crippen molar-refractivity contribution in [1.82, 2.24) is 0 Å². The van der Waals surface area contributed by atoms with Gasteiger partial charge in [-0.1, -0.05) is 12.1 Å². The first kappa shape index (κ1) is 23.5. The molecule has 0 amide bonds. The molecule has 0 unspecified atom stereocenters. The lowest BCUT2D eigenvalue weighted by Gasteiger charge is -2.11. The highest BCUT2D eigenvalue weighted by Crippen LogP contribution is 2.44. The standard InChI is InChI=1S/C16H13N3O10S3/c17-30(22,23)9-4-5-11(20)10(7-9)18-19-15-13(32(27,28)29)6-8-2-1-3-12(31(24,25)26)14(8)16(15)21/h1-7,20-21H,(H2,17,22,23)(H,24,25,26)(H,27,28,29). The van der Waals surface area contributed by atoms with E-state index in [-0.39, 0.29) is 5.39 Å². The lowest BCUT2D eigenvalue weighted by atomic mass is 10.1. The maximum Gasteiger partial charge on any atom is 0.296 e. The Morgan fingerprint density at radius 1 is 0.781 bits per heavy atom. The van der Waals surface area contributed by atoms with E-state index in [2.05, 4.69) is 10.2 Å². The molecule has 13 nitrogen and oxygen atoms in total. The van der Waals surface area contributed by atoms with Crippen LogP contribution in [0.3, 0.4) is 0 Å². The number of sulfonamides is 1. The number of nitrogens with zero attached hydrogens (tertiary/aromatic N) is 2. The fraction of sp³-hybridized carbons (Fsp3) is 0. The van der Waals surface area contributed by atoms with Crippen LogP contribution in [0.2, 0.25) is 0 Å². The van der Waals surface area contributed by atoms with Crippen molar-refractivity contribution in [2.24, 2.45) is 15.4 Å². The number of phenolic OH excluding ortho intramolecular Hbond substituents is 2. The predicted octanol–water partition coefficient (Wildman–Crippen LogP) is 1.81. The lowest BCUT2D eigenvalue weighted by molar-refractivity contribution is 0.469. The summed E-state index contributed by atoms with van der Waals surface area (Å²) in [7, 11) is -14.1. The topological polar surface area (TPSA) is 234 Å². The molecule has 0 aliphatic carbocycles. The van der Waals surface area contributed by atoms with Gasteiger partial charge in [0.1, 0.15) is 26.9 Å². The summed E-state index contributed by atoms with van der Waals surface area (Å²) in [4.78, 5) is -2.25. The second-order valence-corrected chi connectivity index (χ2v) is 10.6. The molecule has 0 aromatic heterocycles. The van der Waals surface area contributed by atoms with Gasteiger partial charge in [-0.05, 0) is 35.7 Å². The third-order valence-electron chi connectivity index (χ3n) is 4.13. The first-order valence-corrected chi connectivity index (χ1v) is 12.5. The highest BCUT2D eigenvalue weighted by Gasteiger charge is 2.26. The van der Waals surface area contributed by atoms with Crippen molar-refractivity contribution >= 4 is 52.4 Å². The van der Waals surface area contributed by atoms with Crippen LogP contribution in [-0.2, 0) is 30.3 Å². The van der Waals surface area contributed by atoms with Crippen molar-refractivity contribution in [3.63, 3.8) is 0 Å². The molecule has 0 aliphatic heterocycles. The van der Waals surface area contributed by atoms with E-state index >= 15 is 0 Å². The molecule has 0 spiro atoms. The van der Waals surface area contributed by atoms with Crippen LogP contribution in [0.15, 0.2) is 67.4 Å². The summed E-state index contributed by atoms with van der Waals surface area (Å²) in [6.45, 7) is 0. The second-order valence-electron chi connectivity index (χ2n) is 6.27.